The van der Waals surface area contributed by atoms with E-state index < -0.39 is 0 Å². The molecule has 2 heterocycles. The fraction of sp³-hybridized carbons (Fsp3) is 0.0769. The van der Waals surface area contributed by atoms with Gasteiger partial charge in [0.05, 0.1) is 19.9 Å². The second-order valence-electron chi connectivity index (χ2n) is 6.42. The Morgan fingerprint density at radius 1 is 0.656 bits per heavy atom. The highest BCUT2D eigenvalue weighted by molar-refractivity contribution is 5.70. The van der Waals surface area contributed by atoms with Gasteiger partial charge in [-0.15, -0.1) is 0 Å². The van der Waals surface area contributed by atoms with Gasteiger partial charge in [-0.25, -0.2) is 19.9 Å². The second-order valence-corrected chi connectivity index (χ2v) is 6.42. The fourth-order valence-electron chi connectivity index (χ4n) is 2.66. The van der Waals surface area contributed by atoms with Crippen molar-refractivity contribution < 1.29 is 9.47 Å². The molecule has 2 aromatic heterocycles. The molecule has 0 aliphatic rings. The van der Waals surface area contributed by atoms with Gasteiger partial charge in [0.2, 0.25) is 0 Å². The molecule has 0 aliphatic carbocycles. The number of rotatable bonds is 6. The smallest absolute Gasteiger partial charge is 0.151 e. The molecule has 0 amide bonds. The highest BCUT2D eigenvalue weighted by Gasteiger charge is 1.96. The molecular formula is C26H24N4O2. The van der Waals surface area contributed by atoms with E-state index in [1.54, 1.807) is 38.9 Å². The van der Waals surface area contributed by atoms with Gasteiger partial charge in [-0.3, -0.25) is 0 Å². The zero-order chi connectivity index (χ0) is 22.4. The van der Waals surface area contributed by atoms with Crippen LogP contribution in [0, 0.1) is 0 Å². The van der Waals surface area contributed by atoms with Crippen molar-refractivity contribution in [1.82, 2.24) is 19.9 Å². The van der Waals surface area contributed by atoms with Gasteiger partial charge in [0.25, 0.3) is 0 Å². The lowest BCUT2D eigenvalue weighted by atomic mass is 10.2. The zero-order valence-electron chi connectivity index (χ0n) is 18.0. The molecule has 0 atom stereocenters. The van der Waals surface area contributed by atoms with Gasteiger partial charge in [0, 0.05) is 24.2 Å². The van der Waals surface area contributed by atoms with Crippen LogP contribution in [0.3, 0.4) is 0 Å². The van der Waals surface area contributed by atoms with Crippen molar-refractivity contribution in [2.75, 3.05) is 14.2 Å². The van der Waals surface area contributed by atoms with Gasteiger partial charge in [-0.1, -0.05) is 36.4 Å². The van der Waals surface area contributed by atoms with Crippen LogP contribution in [-0.4, -0.2) is 34.2 Å². The first kappa shape index (κ1) is 22.4. The minimum absolute atomic E-state index is 0.688. The largest absolute Gasteiger partial charge is 0.497 e. The molecular weight excluding hydrogens is 400 g/mol. The van der Waals surface area contributed by atoms with E-state index in [0.717, 1.165) is 28.3 Å². The predicted octanol–water partition coefficient (Wildman–Crippen LogP) is 5.31. The quantitative estimate of drug-likeness (QED) is 0.418. The van der Waals surface area contributed by atoms with Crippen molar-refractivity contribution in [3.8, 4) is 11.5 Å². The molecule has 160 valence electrons. The van der Waals surface area contributed by atoms with E-state index in [9.17, 15) is 0 Å². The Labute approximate surface area is 188 Å². The first-order valence-corrected chi connectivity index (χ1v) is 9.95. The molecule has 0 spiro atoms. The van der Waals surface area contributed by atoms with Gasteiger partial charge in [0.15, 0.2) is 5.82 Å². The SMILES string of the molecule is COc1ccc(/C=C/c2ccncn2)cc1.COc1ccccc1/C=C/c1ncccn1. The van der Waals surface area contributed by atoms with Crippen LogP contribution >= 0.6 is 0 Å². The molecule has 0 saturated heterocycles. The number of ether oxygens (including phenoxy) is 2. The normalized spacial score (nSPS) is 10.6. The summed E-state index contributed by atoms with van der Waals surface area (Å²) in [6, 6.07) is 19.3. The summed E-state index contributed by atoms with van der Waals surface area (Å²) in [7, 11) is 3.32. The number of hydrogen-bond acceptors (Lipinski definition) is 6. The van der Waals surface area contributed by atoms with Crippen molar-refractivity contribution in [1.29, 1.82) is 0 Å². The van der Waals surface area contributed by atoms with Crippen LogP contribution < -0.4 is 9.47 Å². The summed E-state index contributed by atoms with van der Waals surface area (Å²) >= 11 is 0. The second kappa shape index (κ2) is 12.4. The van der Waals surface area contributed by atoms with Crippen molar-refractivity contribution in [3.63, 3.8) is 0 Å². The van der Waals surface area contributed by atoms with Crippen LogP contribution in [0.25, 0.3) is 24.3 Å². The molecule has 0 radical (unpaired) electrons. The molecule has 0 unspecified atom stereocenters. The third-order valence-corrected chi connectivity index (χ3v) is 4.30. The van der Waals surface area contributed by atoms with Crippen LogP contribution in [0.15, 0.2) is 85.6 Å². The van der Waals surface area contributed by atoms with Gasteiger partial charge in [-0.05, 0) is 54.1 Å². The molecule has 0 fully saturated rings. The maximum Gasteiger partial charge on any atom is 0.151 e. The average Bonchev–Trinajstić information content (AvgIpc) is 2.88. The molecule has 6 nitrogen and oxygen atoms in total. The summed E-state index contributed by atoms with van der Waals surface area (Å²) in [5.74, 6) is 2.39. The number of aromatic nitrogens is 4. The number of methoxy groups -OCH3 is 2. The average molecular weight is 425 g/mol. The standard InChI is InChI=1S/2C13H12N2O/c1-16-13-6-3-11(4-7-13)2-5-12-8-9-14-10-15-12;1-16-12-6-3-2-5-11(12)7-8-13-14-9-4-10-15-13/h2*2-10H,1H3/b5-2+;8-7+. The Morgan fingerprint density at radius 3 is 2.12 bits per heavy atom. The van der Waals surface area contributed by atoms with Crippen molar-refractivity contribution in [2.24, 2.45) is 0 Å². The predicted molar refractivity (Wildman–Crippen MR) is 128 cm³/mol. The van der Waals surface area contributed by atoms with Crippen LogP contribution in [0.2, 0.25) is 0 Å². The van der Waals surface area contributed by atoms with Crippen LogP contribution in [-0.2, 0) is 0 Å². The Bertz CT molecular complexity index is 1130. The zero-order valence-corrected chi connectivity index (χ0v) is 18.0. The first-order valence-electron chi connectivity index (χ1n) is 9.95. The van der Waals surface area contributed by atoms with Gasteiger partial charge in [0.1, 0.15) is 17.8 Å². The topological polar surface area (TPSA) is 70.0 Å². The summed E-state index contributed by atoms with van der Waals surface area (Å²) in [6.07, 6.45) is 14.4. The van der Waals surface area contributed by atoms with Gasteiger partial charge >= 0.3 is 0 Å². The number of nitrogens with zero attached hydrogens (tertiary/aromatic N) is 4. The van der Waals surface area contributed by atoms with Gasteiger partial charge in [-0.2, -0.15) is 0 Å². The third kappa shape index (κ3) is 7.18. The van der Waals surface area contributed by atoms with E-state index in [1.807, 2.05) is 78.9 Å². The summed E-state index contributed by atoms with van der Waals surface area (Å²) < 4.78 is 10.3. The van der Waals surface area contributed by atoms with Crippen molar-refractivity contribution in [2.45, 2.75) is 0 Å². The minimum atomic E-state index is 0.688. The lowest BCUT2D eigenvalue weighted by molar-refractivity contribution is 0.414. The van der Waals surface area contributed by atoms with Crippen LogP contribution in [0.1, 0.15) is 22.6 Å². The first-order chi connectivity index (χ1) is 15.8. The molecule has 0 bridgehead atoms. The Morgan fingerprint density at radius 2 is 1.44 bits per heavy atom. The molecule has 32 heavy (non-hydrogen) atoms. The third-order valence-electron chi connectivity index (χ3n) is 4.30. The molecule has 6 heteroatoms. The number of para-hydroxylation sites is 1. The summed E-state index contributed by atoms with van der Waals surface area (Å²) in [5, 5.41) is 0. The van der Waals surface area contributed by atoms with Crippen LogP contribution in [0.4, 0.5) is 0 Å². The number of hydrogen-bond donors (Lipinski definition) is 0. The fourth-order valence-corrected chi connectivity index (χ4v) is 2.66. The number of benzene rings is 2. The molecule has 0 saturated carbocycles. The van der Waals surface area contributed by atoms with E-state index >= 15 is 0 Å². The lowest BCUT2D eigenvalue weighted by Crippen LogP contribution is -1.86. The minimum Gasteiger partial charge on any atom is -0.497 e. The highest BCUT2D eigenvalue weighted by atomic mass is 16.5. The van der Waals surface area contributed by atoms with Gasteiger partial charge < -0.3 is 9.47 Å². The monoisotopic (exact) mass is 424 g/mol. The molecule has 2 aromatic carbocycles. The molecule has 4 aromatic rings. The van der Waals surface area contributed by atoms with E-state index in [4.69, 9.17) is 9.47 Å². The maximum absolute atomic E-state index is 5.24. The Balaban J connectivity index is 0.000000181. The van der Waals surface area contributed by atoms with Crippen molar-refractivity contribution >= 4 is 24.3 Å². The summed E-state index contributed by atoms with van der Waals surface area (Å²) in [4.78, 5) is 16.2. The Hall–Kier alpha value is -4.32. The lowest BCUT2D eigenvalue weighted by Gasteiger charge is -2.02. The molecule has 0 N–H and O–H groups in total. The summed E-state index contributed by atoms with van der Waals surface area (Å²) in [5.41, 5.74) is 3.02. The highest BCUT2D eigenvalue weighted by Crippen LogP contribution is 2.19. The van der Waals surface area contributed by atoms with Crippen molar-refractivity contribution in [3.05, 3.63) is 108 Å². The molecule has 4 rings (SSSR count). The van der Waals surface area contributed by atoms with E-state index in [-0.39, 0.29) is 0 Å². The summed E-state index contributed by atoms with van der Waals surface area (Å²) in [6.45, 7) is 0. The Kier molecular flexibility index (Phi) is 8.66. The van der Waals surface area contributed by atoms with Crippen LogP contribution in [0.5, 0.6) is 11.5 Å². The van der Waals surface area contributed by atoms with E-state index in [0.29, 0.717) is 5.82 Å². The van der Waals surface area contributed by atoms with E-state index in [2.05, 4.69) is 19.9 Å². The molecule has 0 aliphatic heterocycles. The van der Waals surface area contributed by atoms with E-state index in [1.165, 1.54) is 6.33 Å². The maximum atomic E-state index is 5.24.